The van der Waals surface area contributed by atoms with E-state index < -0.39 is 0 Å². The van der Waals surface area contributed by atoms with Crippen molar-refractivity contribution in [2.45, 2.75) is 6.54 Å². The summed E-state index contributed by atoms with van der Waals surface area (Å²) in [5.41, 5.74) is 7.05. The fraction of sp³-hybridized carbons (Fsp3) is 0.300. The molecule has 1 aliphatic rings. The molecule has 74 valence electrons. The van der Waals surface area contributed by atoms with Gasteiger partial charge in [-0.05, 0) is 23.8 Å². The number of hydrogen-bond donors (Lipinski definition) is 2. The van der Waals surface area contributed by atoms with Crippen LogP contribution >= 0.6 is 0 Å². The molecule has 0 aliphatic carbocycles. The van der Waals surface area contributed by atoms with Gasteiger partial charge in [-0.15, -0.1) is 0 Å². The number of rotatable bonds is 3. The number of benzene rings is 1. The van der Waals surface area contributed by atoms with Crippen molar-refractivity contribution in [2.24, 2.45) is 5.73 Å². The molecule has 1 aliphatic heterocycles. The summed E-state index contributed by atoms with van der Waals surface area (Å²) in [7, 11) is 0. The van der Waals surface area contributed by atoms with E-state index in [0.29, 0.717) is 19.7 Å². The molecule has 0 fully saturated rings. The second kappa shape index (κ2) is 3.67. The highest BCUT2D eigenvalue weighted by molar-refractivity contribution is 5.98. The minimum absolute atomic E-state index is 0.00891. The van der Waals surface area contributed by atoms with E-state index in [-0.39, 0.29) is 5.91 Å². The molecule has 4 heteroatoms. The van der Waals surface area contributed by atoms with Crippen molar-refractivity contribution < 1.29 is 9.53 Å². The van der Waals surface area contributed by atoms with Crippen molar-refractivity contribution in [3.63, 3.8) is 0 Å². The molecule has 1 aromatic rings. The highest BCUT2D eigenvalue weighted by Gasteiger charge is 2.18. The van der Waals surface area contributed by atoms with Crippen LogP contribution in [0.5, 0.6) is 5.75 Å². The third kappa shape index (κ3) is 1.56. The lowest BCUT2D eigenvalue weighted by Crippen LogP contribution is -2.12. The Morgan fingerprint density at radius 2 is 2.36 bits per heavy atom. The molecule has 1 amide bonds. The third-order valence-electron chi connectivity index (χ3n) is 2.15. The van der Waals surface area contributed by atoms with Gasteiger partial charge in [-0.3, -0.25) is 4.79 Å². The van der Waals surface area contributed by atoms with Crippen LogP contribution in [0.1, 0.15) is 15.9 Å². The first-order valence-electron chi connectivity index (χ1n) is 4.55. The summed E-state index contributed by atoms with van der Waals surface area (Å²) < 4.78 is 5.35. The minimum atomic E-state index is -0.00891. The molecule has 0 radical (unpaired) electrons. The third-order valence-corrected chi connectivity index (χ3v) is 2.15. The summed E-state index contributed by atoms with van der Waals surface area (Å²) in [6, 6.07) is 5.45. The first kappa shape index (κ1) is 9.02. The molecule has 0 spiro atoms. The summed E-state index contributed by atoms with van der Waals surface area (Å²) in [5.74, 6) is 0.760. The van der Waals surface area contributed by atoms with Gasteiger partial charge >= 0.3 is 0 Å². The molecule has 1 heterocycles. The number of ether oxygens (including phenoxy) is 1. The first-order valence-corrected chi connectivity index (χ1v) is 4.55. The maximum Gasteiger partial charge on any atom is 0.251 e. The smallest absolute Gasteiger partial charge is 0.251 e. The van der Waals surface area contributed by atoms with Gasteiger partial charge in [0.2, 0.25) is 0 Å². The second-order valence-electron chi connectivity index (χ2n) is 3.14. The zero-order chi connectivity index (χ0) is 9.97. The molecule has 0 bridgehead atoms. The molecule has 2 rings (SSSR count). The van der Waals surface area contributed by atoms with Gasteiger partial charge in [-0.1, -0.05) is 0 Å². The summed E-state index contributed by atoms with van der Waals surface area (Å²) >= 11 is 0. The van der Waals surface area contributed by atoms with Crippen LogP contribution in [0, 0.1) is 0 Å². The van der Waals surface area contributed by atoms with E-state index in [1.165, 1.54) is 0 Å². The molecular formula is C10H12N2O2. The van der Waals surface area contributed by atoms with Crippen LogP contribution in [0.25, 0.3) is 0 Å². The molecule has 4 nitrogen and oxygen atoms in total. The van der Waals surface area contributed by atoms with E-state index >= 15 is 0 Å². The predicted octanol–water partition coefficient (Wildman–Crippen LogP) is 0.267. The number of nitrogens with one attached hydrogen (secondary N) is 1. The van der Waals surface area contributed by atoms with Gasteiger partial charge in [-0.2, -0.15) is 0 Å². The number of hydrogen-bond acceptors (Lipinski definition) is 3. The Bertz CT molecular complexity index is 363. The Morgan fingerprint density at radius 1 is 1.50 bits per heavy atom. The number of carbonyl (C=O) groups excluding carboxylic acids is 1. The topological polar surface area (TPSA) is 64.3 Å². The van der Waals surface area contributed by atoms with Crippen LogP contribution in [0.2, 0.25) is 0 Å². The molecule has 14 heavy (non-hydrogen) atoms. The maximum atomic E-state index is 11.2. The van der Waals surface area contributed by atoms with Crippen molar-refractivity contribution in [2.75, 3.05) is 13.2 Å². The van der Waals surface area contributed by atoms with E-state index in [1.54, 1.807) is 12.1 Å². The molecule has 0 atom stereocenters. The van der Waals surface area contributed by atoms with Crippen molar-refractivity contribution >= 4 is 5.91 Å². The lowest BCUT2D eigenvalue weighted by molar-refractivity contribution is 0.0966. The molecule has 0 saturated carbocycles. The van der Waals surface area contributed by atoms with Gasteiger partial charge < -0.3 is 15.8 Å². The number of carbonyl (C=O) groups is 1. The zero-order valence-electron chi connectivity index (χ0n) is 7.75. The highest BCUT2D eigenvalue weighted by Crippen LogP contribution is 2.21. The Kier molecular flexibility index (Phi) is 2.37. The van der Waals surface area contributed by atoms with Crippen molar-refractivity contribution in [3.05, 3.63) is 29.3 Å². The van der Waals surface area contributed by atoms with Crippen molar-refractivity contribution in [1.29, 1.82) is 0 Å². The second-order valence-corrected chi connectivity index (χ2v) is 3.14. The fourth-order valence-electron chi connectivity index (χ4n) is 1.48. The molecule has 0 aromatic heterocycles. The Morgan fingerprint density at radius 3 is 3.14 bits per heavy atom. The number of amides is 1. The van der Waals surface area contributed by atoms with E-state index in [0.717, 1.165) is 16.9 Å². The van der Waals surface area contributed by atoms with Gasteiger partial charge in [0, 0.05) is 18.7 Å². The maximum absolute atomic E-state index is 11.2. The monoisotopic (exact) mass is 192 g/mol. The fourth-order valence-corrected chi connectivity index (χ4v) is 1.48. The number of fused-ring (bicyclic) bond motifs is 1. The normalized spacial score (nSPS) is 13.6. The Balaban J connectivity index is 2.19. The summed E-state index contributed by atoms with van der Waals surface area (Å²) in [6.07, 6.45) is 0. The van der Waals surface area contributed by atoms with Gasteiger partial charge in [0.05, 0.1) is 0 Å². The van der Waals surface area contributed by atoms with Crippen LogP contribution < -0.4 is 15.8 Å². The van der Waals surface area contributed by atoms with Gasteiger partial charge in [0.1, 0.15) is 12.4 Å². The standard InChI is InChI=1S/C10H12N2O2/c11-3-4-14-8-1-2-9-7(5-8)6-12-10(9)13/h1-2,5H,3-4,6,11H2,(H,12,13). The Labute approximate surface area is 82.1 Å². The lowest BCUT2D eigenvalue weighted by atomic mass is 10.1. The summed E-state index contributed by atoms with van der Waals surface area (Å²) in [6.45, 7) is 1.59. The number of nitrogens with two attached hydrogens (primary N) is 1. The van der Waals surface area contributed by atoms with E-state index in [9.17, 15) is 4.79 Å². The van der Waals surface area contributed by atoms with E-state index in [4.69, 9.17) is 10.5 Å². The SMILES string of the molecule is NCCOc1ccc2c(c1)CNC2=O. The molecule has 3 N–H and O–H groups in total. The Hall–Kier alpha value is -1.55. The van der Waals surface area contributed by atoms with E-state index in [2.05, 4.69) is 5.32 Å². The van der Waals surface area contributed by atoms with Crippen molar-refractivity contribution in [1.82, 2.24) is 5.32 Å². The van der Waals surface area contributed by atoms with Crippen LogP contribution in [0.4, 0.5) is 0 Å². The molecule has 0 unspecified atom stereocenters. The van der Waals surface area contributed by atoms with Gasteiger partial charge in [0.25, 0.3) is 5.91 Å². The summed E-state index contributed by atoms with van der Waals surface area (Å²) in [4.78, 5) is 11.2. The van der Waals surface area contributed by atoms with E-state index in [1.807, 2.05) is 6.07 Å². The quantitative estimate of drug-likeness (QED) is 0.722. The molecular weight excluding hydrogens is 180 g/mol. The van der Waals surface area contributed by atoms with Crippen LogP contribution in [0.15, 0.2) is 18.2 Å². The first-order chi connectivity index (χ1) is 6.81. The molecule has 1 aromatic carbocycles. The average molecular weight is 192 g/mol. The summed E-state index contributed by atoms with van der Waals surface area (Å²) in [5, 5.41) is 2.75. The minimum Gasteiger partial charge on any atom is -0.492 e. The zero-order valence-corrected chi connectivity index (χ0v) is 7.75. The lowest BCUT2D eigenvalue weighted by Gasteiger charge is -2.05. The highest BCUT2D eigenvalue weighted by atomic mass is 16.5. The van der Waals surface area contributed by atoms with Crippen LogP contribution in [-0.4, -0.2) is 19.1 Å². The van der Waals surface area contributed by atoms with Gasteiger partial charge in [-0.25, -0.2) is 0 Å². The van der Waals surface area contributed by atoms with Crippen molar-refractivity contribution in [3.8, 4) is 5.75 Å². The molecule has 0 saturated heterocycles. The van der Waals surface area contributed by atoms with Crippen LogP contribution in [0.3, 0.4) is 0 Å². The van der Waals surface area contributed by atoms with Crippen LogP contribution in [-0.2, 0) is 6.54 Å². The predicted molar refractivity (Wildman–Crippen MR) is 52.2 cm³/mol. The van der Waals surface area contributed by atoms with Gasteiger partial charge in [0.15, 0.2) is 0 Å². The largest absolute Gasteiger partial charge is 0.492 e. The average Bonchev–Trinajstić information content (AvgIpc) is 2.57.